The van der Waals surface area contributed by atoms with Gasteiger partial charge in [0.25, 0.3) is 0 Å². The summed E-state index contributed by atoms with van der Waals surface area (Å²) < 4.78 is 7.67. The van der Waals surface area contributed by atoms with Gasteiger partial charge in [0.1, 0.15) is 36.1 Å². The van der Waals surface area contributed by atoms with Crippen LogP contribution < -0.4 is 16.4 Å². The summed E-state index contributed by atoms with van der Waals surface area (Å²) >= 11 is 0. The first-order chi connectivity index (χ1) is 16.4. The summed E-state index contributed by atoms with van der Waals surface area (Å²) in [5, 5.41) is 27.5. The van der Waals surface area contributed by atoms with Gasteiger partial charge in [-0.2, -0.15) is 0 Å². The molecule has 182 valence electrons. The number of aliphatic hydroxyl groups is 2. The van der Waals surface area contributed by atoms with E-state index in [0.717, 1.165) is 12.0 Å². The Bertz CT molecular complexity index is 1090. The molecule has 3 aromatic rings. The fourth-order valence-electron chi connectivity index (χ4n) is 4.10. The van der Waals surface area contributed by atoms with E-state index in [4.69, 9.17) is 10.5 Å². The number of fused-ring (bicyclic) bond motifs is 1. The molecule has 0 saturated carbocycles. The van der Waals surface area contributed by atoms with Gasteiger partial charge in [-0.15, -0.1) is 0 Å². The van der Waals surface area contributed by atoms with Crippen LogP contribution in [0.2, 0.25) is 0 Å². The maximum absolute atomic E-state index is 11.9. The Hall–Kier alpha value is -3.25. The maximum atomic E-state index is 11.9. The number of aromatic nitrogens is 3. The first-order valence-corrected chi connectivity index (χ1v) is 11.3. The molecular formula is C23H31N7O4. The summed E-state index contributed by atoms with van der Waals surface area (Å²) in [6, 6.07) is 11.3. The van der Waals surface area contributed by atoms with E-state index in [1.807, 2.05) is 42.3 Å². The van der Waals surface area contributed by atoms with Crippen LogP contribution in [-0.4, -0.2) is 80.7 Å². The van der Waals surface area contributed by atoms with Gasteiger partial charge in [0.2, 0.25) is 0 Å². The number of nitrogens with two attached hydrogens (primary N) is 1. The summed E-state index contributed by atoms with van der Waals surface area (Å²) in [5.74, 6) is 0.343. The standard InChI is InChI=1S/C23H31N7O4/c1-29(10-5-9-25-23(33)26-12-15-6-3-2-4-7-15)13-17-18(31)19(32)22(34-17)30-11-8-16-20(24)27-14-28-21(16)30/h2-4,6-8,11,14,17-19,22,31-32H,5,9-10,12-13H2,1H3,(H2,24,27,28)(H2,25,26,33)/t17-,18-,19-,22-/m1/s1. The second-order valence-electron chi connectivity index (χ2n) is 8.48. The number of carbonyl (C=O) groups is 1. The van der Waals surface area contributed by atoms with E-state index in [1.165, 1.54) is 6.33 Å². The van der Waals surface area contributed by atoms with E-state index in [2.05, 4.69) is 20.6 Å². The Morgan fingerprint density at radius 3 is 2.76 bits per heavy atom. The molecule has 1 aliphatic rings. The zero-order valence-corrected chi connectivity index (χ0v) is 19.0. The highest BCUT2D eigenvalue weighted by Gasteiger charge is 2.44. The van der Waals surface area contributed by atoms with Gasteiger partial charge >= 0.3 is 6.03 Å². The van der Waals surface area contributed by atoms with Crippen molar-refractivity contribution in [3.63, 3.8) is 0 Å². The third-order valence-electron chi connectivity index (χ3n) is 5.94. The maximum Gasteiger partial charge on any atom is 0.315 e. The predicted molar refractivity (Wildman–Crippen MR) is 127 cm³/mol. The van der Waals surface area contributed by atoms with Crippen LogP contribution >= 0.6 is 0 Å². The minimum atomic E-state index is -1.11. The quantitative estimate of drug-likeness (QED) is 0.284. The largest absolute Gasteiger partial charge is 0.387 e. The number of likely N-dealkylation sites (N-methyl/N-ethyl adjacent to an activating group) is 1. The minimum absolute atomic E-state index is 0.213. The lowest BCUT2D eigenvalue weighted by atomic mass is 10.1. The van der Waals surface area contributed by atoms with Crippen molar-refractivity contribution in [3.05, 3.63) is 54.5 Å². The Labute approximate surface area is 197 Å². The normalized spacial score (nSPS) is 22.4. The molecule has 11 heteroatoms. The van der Waals surface area contributed by atoms with Gasteiger partial charge in [0.15, 0.2) is 6.23 Å². The van der Waals surface area contributed by atoms with Crippen LogP contribution in [0.25, 0.3) is 11.0 Å². The molecule has 1 fully saturated rings. The third kappa shape index (κ3) is 5.45. The molecule has 1 aliphatic heterocycles. The summed E-state index contributed by atoms with van der Waals surface area (Å²) in [6.07, 6.45) is 0.275. The zero-order chi connectivity index (χ0) is 24.1. The van der Waals surface area contributed by atoms with Crippen LogP contribution in [0.1, 0.15) is 18.2 Å². The Balaban J connectivity index is 1.21. The molecule has 11 nitrogen and oxygen atoms in total. The highest BCUT2D eigenvalue weighted by atomic mass is 16.6. The number of hydrogen-bond acceptors (Lipinski definition) is 8. The second kappa shape index (κ2) is 10.8. The molecular weight excluding hydrogens is 438 g/mol. The average molecular weight is 470 g/mol. The third-order valence-corrected chi connectivity index (χ3v) is 5.94. The van der Waals surface area contributed by atoms with E-state index in [1.54, 1.807) is 16.8 Å². The zero-order valence-electron chi connectivity index (χ0n) is 19.0. The van der Waals surface area contributed by atoms with Crippen LogP contribution in [0.15, 0.2) is 48.9 Å². The van der Waals surface area contributed by atoms with Crippen LogP contribution in [-0.2, 0) is 11.3 Å². The van der Waals surface area contributed by atoms with Gasteiger partial charge < -0.3 is 40.8 Å². The monoisotopic (exact) mass is 469 g/mol. The highest BCUT2D eigenvalue weighted by Crippen LogP contribution is 2.33. The number of carbonyl (C=O) groups excluding carboxylic acids is 1. The average Bonchev–Trinajstić information content (AvgIpc) is 3.38. The number of nitrogens with zero attached hydrogens (tertiary/aromatic N) is 4. The fourth-order valence-corrected chi connectivity index (χ4v) is 4.10. The van der Waals surface area contributed by atoms with E-state index >= 15 is 0 Å². The molecule has 1 saturated heterocycles. The van der Waals surface area contributed by atoms with Crippen molar-refractivity contribution >= 4 is 22.9 Å². The first kappa shape index (κ1) is 23.9. The Morgan fingerprint density at radius 1 is 1.18 bits per heavy atom. The number of nitrogens with one attached hydrogen (secondary N) is 2. The number of aliphatic hydroxyl groups excluding tert-OH is 2. The Morgan fingerprint density at radius 2 is 1.97 bits per heavy atom. The van der Waals surface area contributed by atoms with Gasteiger partial charge in [-0.25, -0.2) is 14.8 Å². The number of hydrogen-bond donors (Lipinski definition) is 5. The summed E-state index contributed by atoms with van der Waals surface area (Å²) in [7, 11) is 1.91. The molecule has 4 rings (SSSR count). The lowest BCUT2D eigenvalue weighted by Gasteiger charge is -2.22. The molecule has 6 N–H and O–H groups in total. The molecule has 34 heavy (non-hydrogen) atoms. The Kier molecular flexibility index (Phi) is 7.58. The van der Waals surface area contributed by atoms with Crippen molar-refractivity contribution in [2.45, 2.75) is 37.5 Å². The molecule has 1 aromatic carbocycles. The minimum Gasteiger partial charge on any atom is -0.387 e. The topological polar surface area (TPSA) is 151 Å². The molecule has 2 amide bonds. The lowest BCUT2D eigenvalue weighted by Crippen LogP contribution is -2.40. The van der Waals surface area contributed by atoms with Crippen LogP contribution in [0.3, 0.4) is 0 Å². The second-order valence-corrected chi connectivity index (χ2v) is 8.48. The van der Waals surface area contributed by atoms with Crippen molar-refractivity contribution in [2.24, 2.45) is 0 Å². The molecule has 4 atom stereocenters. The number of benzene rings is 1. The van der Waals surface area contributed by atoms with Crippen molar-refractivity contribution < 1.29 is 19.7 Å². The predicted octanol–water partition coefficient (Wildman–Crippen LogP) is 0.454. The van der Waals surface area contributed by atoms with E-state index in [0.29, 0.717) is 43.0 Å². The number of nitrogen functional groups attached to an aromatic ring is 1. The van der Waals surface area contributed by atoms with Gasteiger partial charge in [0, 0.05) is 25.8 Å². The first-order valence-electron chi connectivity index (χ1n) is 11.3. The van der Waals surface area contributed by atoms with Crippen molar-refractivity contribution in [1.29, 1.82) is 0 Å². The summed E-state index contributed by atoms with van der Waals surface area (Å²) in [6.45, 7) is 2.09. The van der Waals surface area contributed by atoms with Crippen molar-refractivity contribution in [1.82, 2.24) is 30.1 Å². The molecule has 2 aromatic heterocycles. The number of amides is 2. The molecule has 0 aliphatic carbocycles. The smallest absolute Gasteiger partial charge is 0.315 e. The molecule has 3 heterocycles. The molecule has 0 spiro atoms. The van der Waals surface area contributed by atoms with E-state index in [9.17, 15) is 15.0 Å². The van der Waals surface area contributed by atoms with Gasteiger partial charge in [0.05, 0.1) is 5.39 Å². The highest BCUT2D eigenvalue weighted by molar-refractivity contribution is 5.86. The molecule has 0 radical (unpaired) electrons. The fraction of sp³-hybridized carbons (Fsp3) is 0.435. The molecule has 0 unspecified atom stereocenters. The molecule has 0 bridgehead atoms. The number of ether oxygens (including phenoxy) is 1. The van der Waals surface area contributed by atoms with Gasteiger partial charge in [-0.05, 0) is 31.6 Å². The van der Waals surface area contributed by atoms with Crippen molar-refractivity contribution in [3.8, 4) is 0 Å². The SMILES string of the molecule is CN(CCCNC(=O)NCc1ccccc1)C[C@H]1O[C@@H](n2ccc3c(N)ncnc32)[C@H](O)[C@@H]1O. The van der Waals surface area contributed by atoms with Crippen LogP contribution in [0.5, 0.6) is 0 Å². The number of urea groups is 1. The van der Waals surface area contributed by atoms with Crippen LogP contribution in [0.4, 0.5) is 10.6 Å². The summed E-state index contributed by atoms with van der Waals surface area (Å²) in [5.41, 5.74) is 7.46. The summed E-state index contributed by atoms with van der Waals surface area (Å²) in [4.78, 5) is 22.2. The van der Waals surface area contributed by atoms with Gasteiger partial charge in [-0.3, -0.25) is 0 Å². The number of anilines is 1. The van der Waals surface area contributed by atoms with Crippen LogP contribution in [0, 0.1) is 0 Å². The van der Waals surface area contributed by atoms with E-state index < -0.39 is 24.5 Å². The lowest BCUT2D eigenvalue weighted by molar-refractivity contribution is -0.0419. The number of rotatable bonds is 9. The van der Waals surface area contributed by atoms with Gasteiger partial charge in [-0.1, -0.05) is 30.3 Å². The van der Waals surface area contributed by atoms with Crippen molar-refractivity contribution in [2.75, 3.05) is 32.4 Å². The van der Waals surface area contributed by atoms with E-state index in [-0.39, 0.29) is 6.03 Å².